The van der Waals surface area contributed by atoms with Gasteiger partial charge in [0.2, 0.25) is 0 Å². The highest BCUT2D eigenvalue weighted by molar-refractivity contribution is 4.96. The van der Waals surface area contributed by atoms with Crippen molar-refractivity contribution < 1.29 is 0 Å². The Morgan fingerprint density at radius 3 is 2.25 bits per heavy atom. The first kappa shape index (κ1) is 10.0. The molecule has 12 heavy (non-hydrogen) atoms. The lowest BCUT2D eigenvalue weighted by molar-refractivity contribution is 0.0274. The van der Waals surface area contributed by atoms with E-state index in [1.165, 1.54) is 6.42 Å². The molecular weight excluding hydrogens is 146 g/mol. The molecule has 1 fully saturated rings. The predicted molar refractivity (Wildman–Crippen MR) is 54.2 cm³/mol. The molecule has 3 atom stereocenters. The van der Waals surface area contributed by atoms with Gasteiger partial charge in [-0.2, -0.15) is 0 Å². The summed E-state index contributed by atoms with van der Waals surface area (Å²) in [6, 6.07) is 0.791. The largest absolute Gasteiger partial charge is 0.314 e. The molecule has 1 heteroatoms. The maximum Gasteiger partial charge on any atom is 0.00983 e. The fourth-order valence-electron chi connectivity index (χ4n) is 2.46. The molecule has 1 aliphatic carbocycles. The lowest BCUT2D eigenvalue weighted by Crippen LogP contribution is -2.53. The topological polar surface area (TPSA) is 12.0 Å². The Morgan fingerprint density at radius 1 is 1.33 bits per heavy atom. The molecule has 0 heterocycles. The van der Waals surface area contributed by atoms with Crippen molar-refractivity contribution in [1.29, 1.82) is 0 Å². The average Bonchev–Trinajstić information content (AvgIpc) is 1.93. The van der Waals surface area contributed by atoms with Crippen LogP contribution in [0.1, 0.15) is 41.0 Å². The van der Waals surface area contributed by atoms with E-state index in [4.69, 9.17) is 0 Å². The molecule has 0 spiro atoms. The summed E-state index contributed by atoms with van der Waals surface area (Å²) < 4.78 is 0. The average molecular weight is 169 g/mol. The zero-order valence-electron chi connectivity index (χ0n) is 9.15. The Labute approximate surface area is 76.9 Å². The summed E-state index contributed by atoms with van der Waals surface area (Å²) in [5.74, 6) is 1.78. The number of hydrogen-bond acceptors (Lipinski definition) is 1. The first-order valence-electron chi connectivity index (χ1n) is 5.20. The highest BCUT2D eigenvalue weighted by Gasteiger charge is 2.43. The van der Waals surface area contributed by atoms with E-state index in [2.05, 4.69) is 39.9 Å². The summed E-state index contributed by atoms with van der Waals surface area (Å²) >= 11 is 0. The van der Waals surface area contributed by atoms with Crippen molar-refractivity contribution in [2.24, 2.45) is 17.3 Å². The van der Waals surface area contributed by atoms with E-state index in [1.54, 1.807) is 0 Å². The second-order valence-corrected chi connectivity index (χ2v) is 5.23. The summed E-state index contributed by atoms with van der Waals surface area (Å²) in [7, 11) is 0. The third-order valence-electron chi connectivity index (χ3n) is 3.36. The first-order valence-corrected chi connectivity index (χ1v) is 5.20. The van der Waals surface area contributed by atoms with E-state index >= 15 is 0 Å². The minimum Gasteiger partial charge on any atom is -0.314 e. The van der Waals surface area contributed by atoms with Crippen LogP contribution in [0.4, 0.5) is 0 Å². The molecule has 1 rings (SSSR count). The predicted octanol–water partition coefficient (Wildman–Crippen LogP) is 2.67. The fraction of sp³-hybridized carbons (Fsp3) is 1.00. The van der Waals surface area contributed by atoms with Crippen LogP contribution in [-0.2, 0) is 0 Å². The number of rotatable bonds is 2. The Balaban J connectivity index is 2.38. The maximum atomic E-state index is 3.53. The highest BCUT2D eigenvalue weighted by atomic mass is 14.9. The Bertz CT molecular complexity index is 146. The normalized spacial score (nSPS) is 36.2. The molecule has 0 aromatic heterocycles. The van der Waals surface area contributed by atoms with Gasteiger partial charge in [-0.05, 0) is 30.2 Å². The third-order valence-corrected chi connectivity index (χ3v) is 3.36. The molecule has 0 bridgehead atoms. The van der Waals surface area contributed by atoms with Crippen molar-refractivity contribution in [3.63, 3.8) is 0 Å². The monoisotopic (exact) mass is 169 g/mol. The second-order valence-electron chi connectivity index (χ2n) is 5.23. The molecule has 0 amide bonds. The summed E-state index contributed by atoms with van der Waals surface area (Å²) in [4.78, 5) is 0. The second kappa shape index (κ2) is 3.37. The van der Waals surface area contributed by atoms with E-state index in [0.717, 1.165) is 24.4 Å². The molecule has 0 aromatic rings. The van der Waals surface area contributed by atoms with Crippen LogP contribution in [0.3, 0.4) is 0 Å². The minimum atomic E-state index is 0.505. The molecule has 72 valence electrons. The van der Waals surface area contributed by atoms with E-state index in [-0.39, 0.29) is 0 Å². The Morgan fingerprint density at radius 2 is 1.92 bits per heavy atom. The number of nitrogens with one attached hydrogen (secondary N) is 1. The molecule has 0 saturated heterocycles. The summed E-state index contributed by atoms with van der Waals surface area (Å²) in [6.07, 6.45) is 1.37. The molecule has 0 radical (unpaired) electrons. The lowest BCUT2D eigenvalue weighted by Gasteiger charge is -2.50. The van der Waals surface area contributed by atoms with Gasteiger partial charge in [0.25, 0.3) is 0 Å². The maximum absolute atomic E-state index is 3.53. The van der Waals surface area contributed by atoms with Gasteiger partial charge in [-0.1, -0.05) is 34.6 Å². The molecular formula is C11H23N. The van der Waals surface area contributed by atoms with Gasteiger partial charge in [0.15, 0.2) is 0 Å². The van der Waals surface area contributed by atoms with Crippen LogP contribution >= 0.6 is 0 Å². The first-order chi connectivity index (χ1) is 5.46. The van der Waals surface area contributed by atoms with E-state index in [1.807, 2.05) is 0 Å². The van der Waals surface area contributed by atoms with Crippen LogP contribution in [0.25, 0.3) is 0 Å². The summed E-state index contributed by atoms with van der Waals surface area (Å²) in [5.41, 5.74) is 0.505. The van der Waals surface area contributed by atoms with Gasteiger partial charge >= 0.3 is 0 Å². The van der Waals surface area contributed by atoms with Crippen LogP contribution in [0, 0.1) is 17.3 Å². The Kier molecular flexibility index (Phi) is 2.82. The molecule has 0 aliphatic heterocycles. The fourth-order valence-corrected chi connectivity index (χ4v) is 2.46. The SMILES string of the molecule is CCNC1CC(C(C)(C)C)C1C. The van der Waals surface area contributed by atoms with E-state index in [0.29, 0.717) is 5.41 Å². The van der Waals surface area contributed by atoms with Gasteiger partial charge in [-0.15, -0.1) is 0 Å². The lowest BCUT2D eigenvalue weighted by atomic mass is 9.59. The van der Waals surface area contributed by atoms with Crippen molar-refractivity contribution in [2.45, 2.75) is 47.1 Å². The van der Waals surface area contributed by atoms with Gasteiger partial charge in [-0.25, -0.2) is 0 Å². The van der Waals surface area contributed by atoms with Crippen LogP contribution < -0.4 is 5.32 Å². The van der Waals surface area contributed by atoms with Crippen LogP contribution in [0.5, 0.6) is 0 Å². The quantitative estimate of drug-likeness (QED) is 0.670. The molecule has 1 N–H and O–H groups in total. The molecule has 1 aliphatic rings. The third kappa shape index (κ3) is 1.82. The van der Waals surface area contributed by atoms with Gasteiger partial charge in [0.1, 0.15) is 0 Å². The van der Waals surface area contributed by atoms with Crippen molar-refractivity contribution in [3.05, 3.63) is 0 Å². The standard InChI is InChI=1S/C11H23N/c1-6-12-10-7-9(8(10)2)11(3,4)5/h8-10,12H,6-7H2,1-5H3. The molecule has 3 unspecified atom stereocenters. The van der Waals surface area contributed by atoms with Gasteiger partial charge in [-0.3, -0.25) is 0 Å². The van der Waals surface area contributed by atoms with Crippen LogP contribution in [0.2, 0.25) is 0 Å². The van der Waals surface area contributed by atoms with Crippen LogP contribution in [0.15, 0.2) is 0 Å². The van der Waals surface area contributed by atoms with Gasteiger partial charge in [0, 0.05) is 6.04 Å². The van der Waals surface area contributed by atoms with Crippen LogP contribution in [-0.4, -0.2) is 12.6 Å². The van der Waals surface area contributed by atoms with Crippen molar-refractivity contribution in [1.82, 2.24) is 5.32 Å². The van der Waals surface area contributed by atoms with Gasteiger partial charge < -0.3 is 5.32 Å². The van der Waals surface area contributed by atoms with E-state index < -0.39 is 0 Å². The minimum absolute atomic E-state index is 0.505. The van der Waals surface area contributed by atoms with Gasteiger partial charge in [0.05, 0.1) is 0 Å². The van der Waals surface area contributed by atoms with Crippen molar-refractivity contribution in [2.75, 3.05) is 6.54 Å². The molecule has 0 aromatic carbocycles. The molecule has 1 nitrogen and oxygen atoms in total. The van der Waals surface area contributed by atoms with Crippen molar-refractivity contribution in [3.8, 4) is 0 Å². The zero-order chi connectivity index (χ0) is 9.35. The summed E-state index contributed by atoms with van der Waals surface area (Å²) in [5, 5.41) is 3.53. The highest BCUT2D eigenvalue weighted by Crippen LogP contribution is 2.45. The number of hydrogen-bond donors (Lipinski definition) is 1. The zero-order valence-corrected chi connectivity index (χ0v) is 9.15. The van der Waals surface area contributed by atoms with Crippen molar-refractivity contribution >= 4 is 0 Å². The Hall–Kier alpha value is -0.0400. The summed E-state index contributed by atoms with van der Waals surface area (Å²) in [6.45, 7) is 12.8. The molecule has 1 saturated carbocycles. The smallest absolute Gasteiger partial charge is 0.00983 e. The van der Waals surface area contributed by atoms with E-state index in [9.17, 15) is 0 Å².